The number of amides is 2. The largest absolute Gasteiger partial charge is 0.355 e. The first kappa shape index (κ1) is 25.7. The molecule has 0 radical (unpaired) electrons. The van der Waals surface area contributed by atoms with Crippen molar-refractivity contribution in [1.82, 2.24) is 25.4 Å². The summed E-state index contributed by atoms with van der Waals surface area (Å²) in [6.45, 7) is 1.58. The molecule has 3 aromatic heterocycles. The van der Waals surface area contributed by atoms with Crippen LogP contribution >= 0.6 is 22.9 Å². The minimum Gasteiger partial charge on any atom is -0.355 e. The first-order chi connectivity index (χ1) is 18.5. The molecule has 194 valence electrons. The van der Waals surface area contributed by atoms with Crippen LogP contribution in [0.4, 0.5) is 16.8 Å². The van der Waals surface area contributed by atoms with Crippen molar-refractivity contribution in [3.8, 4) is 0 Å². The monoisotopic (exact) mass is 548 g/mol. The zero-order valence-electron chi connectivity index (χ0n) is 20.4. The van der Waals surface area contributed by atoms with Gasteiger partial charge < -0.3 is 15.5 Å². The number of carbonyl (C=O) groups is 2. The van der Waals surface area contributed by atoms with Crippen LogP contribution in [0.5, 0.6) is 0 Å². The van der Waals surface area contributed by atoms with E-state index < -0.39 is 0 Å². The maximum atomic E-state index is 12.4. The van der Waals surface area contributed by atoms with Crippen molar-refractivity contribution < 1.29 is 9.59 Å². The maximum Gasteiger partial charge on any atom is 0.231 e. The highest BCUT2D eigenvalue weighted by atomic mass is 35.5. The summed E-state index contributed by atoms with van der Waals surface area (Å²) in [4.78, 5) is 31.0. The molecule has 0 saturated carbocycles. The summed E-state index contributed by atoms with van der Waals surface area (Å²) in [5, 5.41) is 24.5. The van der Waals surface area contributed by atoms with Gasteiger partial charge in [0.15, 0.2) is 11.6 Å². The lowest BCUT2D eigenvalue weighted by atomic mass is 9.98. The number of nitrogens with zero attached hydrogens (tertiary/aromatic N) is 6. The lowest BCUT2D eigenvalue weighted by Crippen LogP contribution is -2.33. The molecular weight excluding hydrogens is 524 g/mol. The van der Waals surface area contributed by atoms with Gasteiger partial charge in [0.2, 0.25) is 16.9 Å². The van der Waals surface area contributed by atoms with Gasteiger partial charge in [-0.25, -0.2) is 0 Å². The SMILES string of the molecule is O=C(Cc1ccccn1)Nc1ccc(N2CCC(c3nnc(NC(=O)Cc4ccccc4Cl)s3)CC2)nn1. The molecule has 1 aliphatic heterocycles. The Kier molecular flexibility index (Phi) is 8.15. The number of pyridine rings is 1. The molecule has 4 heterocycles. The molecule has 0 atom stereocenters. The standard InChI is InChI=1S/C26H25ClN8O2S/c27-20-7-2-1-5-18(20)15-23(36)30-26-34-33-25(38-26)17-10-13-35(14-11-17)22-9-8-21(31-32-22)29-24(37)16-19-6-3-4-12-28-19/h1-9,12,17H,10-11,13-16H2,(H,29,31,37)(H,30,34,36). The molecule has 12 heteroatoms. The fourth-order valence-electron chi connectivity index (χ4n) is 4.20. The first-order valence-corrected chi connectivity index (χ1v) is 13.4. The Morgan fingerprint density at radius 2 is 1.68 bits per heavy atom. The average molecular weight is 549 g/mol. The molecule has 2 N–H and O–H groups in total. The van der Waals surface area contributed by atoms with E-state index in [4.69, 9.17) is 11.6 Å². The van der Waals surface area contributed by atoms with Gasteiger partial charge in [0.1, 0.15) is 5.01 Å². The van der Waals surface area contributed by atoms with Gasteiger partial charge in [-0.2, -0.15) is 0 Å². The highest BCUT2D eigenvalue weighted by Gasteiger charge is 2.25. The molecule has 0 spiro atoms. The van der Waals surface area contributed by atoms with E-state index in [0.29, 0.717) is 21.7 Å². The molecule has 1 aromatic carbocycles. The number of carbonyl (C=O) groups excluding carboxylic acids is 2. The molecule has 4 aromatic rings. The molecule has 0 bridgehead atoms. The topological polar surface area (TPSA) is 126 Å². The third-order valence-electron chi connectivity index (χ3n) is 6.15. The van der Waals surface area contributed by atoms with Crippen molar-refractivity contribution in [2.75, 3.05) is 28.6 Å². The van der Waals surface area contributed by atoms with Crippen LogP contribution in [0.3, 0.4) is 0 Å². The summed E-state index contributed by atoms with van der Waals surface area (Å²) in [6.07, 6.45) is 3.78. The van der Waals surface area contributed by atoms with Crippen LogP contribution in [0.2, 0.25) is 5.02 Å². The first-order valence-electron chi connectivity index (χ1n) is 12.2. The third-order valence-corrected chi connectivity index (χ3v) is 7.52. The molecule has 2 amide bonds. The maximum absolute atomic E-state index is 12.4. The third kappa shape index (κ3) is 6.67. The van der Waals surface area contributed by atoms with Crippen molar-refractivity contribution in [3.63, 3.8) is 0 Å². The van der Waals surface area contributed by atoms with Crippen LogP contribution < -0.4 is 15.5 Å². The lowest BCUT2D eigenvalue weighted by molar-refractivity contribution is -0.116. The number of aromatic nitrogens is 5. The van der Waals surface area contributed by atoms with Crippen molar-refractivity contribution in [2.24, 2.45) is 0 Å². The summed E-state index contributed by atoms with van der Waals surface area (Å²) in [6, 6.07) is 16.4. The van der Waals surface area contributed by atoms with Gasteiger partial charge in [-0.3, -0.25) is 14.6 Å². The van der Waals surface area contributed by atoms with E-state index in [1.54, 1.807) is 24.4 Å². The number of hydrogen-bond acceptors (Lipinski definition) is 9. The zero-order valence-corrected chi connectivity index (χ0v) is 22.0. The Morgan fingerprint density at radius 1 is 0.895 bits per heavy atom. The second kappa shape index (κ2) is 12.1. The predicted molar refractivity (Wildman–Crippen MR) is 146 cm³/mol. The molecular formula is C26H25ClN8O2S. The summed E-state index contributed by atoms with van der Waals surface area (Å²) in [5.74, 6) is 1.06. The van der Waals surface area contributed by atoms with E-state index in [-0.39, 0.29) is 30.6 Å². The van der Waals surface area contributed by atoms with Gasteiger partial charge >= 0.3 is 0 Å². The number of anilines is 3. The number of halogens is 1. The number of rotatable bonds is 8. The normalized spacial score (nSPS) is 13.8. The van der Waals surface area contributed by atoms with Crippen molar-refractivity contribution in [1.29, 1.82) is 0 Å². The number of benzene rings is 1. The fraction of sp³-hybridized carbons (Fsp3) is 0.269. The highest BCUT2D eigenvalue weighted by Crippen LogP contribution is 2.33. The van der Waals surface area contributed by atoms with Crippen molar-refractivity contribution in [3.05, 3.63) is 82.1 Å². The Morgan fingerprint density at radius 3 is 2.42 bits per heavy atom. The summed E-state index contributed by atoms with van der Waals surface area (Å²) < 4.78 is 0. The van der Waals surface area contributed by atoms with Crippen LogP contribution in [0, 0.1) is 0 Å². The van der Waals surface area contributed by atoms with E-state index in [0.717, 1.165) is 42.3 Å². The van der Waals surface area contributed by atoms with Crippen LogP contribution in [0.1, 0.15) is 35.0 Å². The minimum absolute atomic E-state index is 0.175. The Labute approximate surface area is 228 Å². The van der Waals surface area contributed by atoms with E-state index in [2.05, 4.69) is 40.9 Å². The van der Waals surface area contributed by atoms with Crippen LogP contribution in [-0.4, -0.2) is 50.3 Å². The van der Waals surface area contributed by atoms with Gasteiger partial charge in [-0.1, -0.05) is 47.2 Å². The second-order valence-corrected chi connectivity index (χ2v) is 10.3. The second-order valence-electron chi connectivity index (χ2n) is 8.85. The van der Waals surface area contributed by atoms with Gasteiger partial charge in [0.25, 0.3) is 0 Å². The molecule has 1 fully saturated rings. The predicted octanol–water partition coefficient (Wildman–Crippen LogP) is 4.12. The van der Waals surface area contributed by atoms with E-state index in [1.807, 2.05) is 36.4 Å². The van der Waals surface area contributed by atoms with Crippen molar-refractivity contribution >= 4 is 51.5 Å². The smallest absolute Gasteiger partial charge is 0.231 e. The van der Waals surface area contributed by atoms with Crippen LogP contribution in [0.25, 0.3) is 0 Å². The Balaban J connectivity index is 1.09. The minimum atomic E-state index is -0.192. The molecule has 10 nitrogen and oxygen atoms in total. The molecule has 0 unspecified atom stereocenters. The van der Waals surface area contributed by atoms with Crippen LogP contribution in [0.15, 0.2) is 60.8 Å². The molecule has 5 rings (SSSR count). The number of hydrogen-bond donors (Lipinski definition) is 2. The van der Waals surface area contributed by atoms with E-state index >= 15 is 0 Å². The lowest BCUT2D eigenvalue weighted by Gasteiger charge is -2.31. The summed E-state index contributed by atoms with van der Waals surface area (Å²) in [7, 11) is 0. The van der Waals surface area contributed by atoms with E-state index in [1.165, 1.54) is 11.3 Å². The molecule has 0 aliphatic carbocycles. The van der Waals surface area contributed by atoms with Gasteiger partial charge in [-0.15, -0.1) is 20.4 Å². The number of nitrogens with one attached hydrogen (secondary N) is 2. The molecule has 1 aliphatic rings. The summed E-state index contributed by atoms with van der Waals surface area (Å²) >= 11 is 7.56. The van der Waals surface area contributed by atoms with Gasteiger partial charge in [-0.05, 0) is 48.7 Å². The van der Waals surface area contributed by atoms with Gasteiger partial charge in [0, 0.05) is 35.9 Å². The van der Waals surface area contributed by atoms with Crippen molar-refractivity contribution in [2.45, 2.75) is 31.6 Å². The van der Waals surface area contributed by atoms with Crippen LogP contribution in [-0.2, 0) is 22.4 Å². The molecule has 38 heavy (non-hydrogen) atoms. The fourth-order valence-corrected chi connectivity index (χ4v) is 5.33. The van der Waals surface area contributed by atoms with E-state index in [9.17, 15) is 9.59 Å². The molecule has 1 saturated heterocycles. The summed E-state index contributed by atoms with van der Waals surface area (Å²) in [5.41, 5.74) is 1.46. The van der Waals surface area contributed by atoms with Gasteiger partial charge in [0.05, 0.1) is 12.8 Å². The highest BCUT2D eigenvalue weighted by molar-refractivity contribution is 7.15. The Bertz CT molecular complexity index is 1390. The number of piperidine rings is 1. The quantitative estimate of drug-likeness (QED) is 0.337. The Hall–Kier alpha value is -3.96. The average Bonchev–Trinajstić information content (AvgIpc) is 3.39. The zero-order chi connectivity index (χ0) is 26.3.